The number of carbonyl (C=O) groups excluding carboxylic acids is 1. The van der Waals surface area contributed by atoms with Crippen molar-refractivity contribution in [1.82, 2.24) is 4.90 Å². The predicted molar refractivity (Wildman–Crippen MR) is 69.3 cm³/mol. The van der Waals surface area contributed by atoms with Gasteiger partial charge in [-0.05, 0) is 37.1 Å². The standard InChI is InChI=1S/C14H17NO4/c1-15(9-12-3-2-8-19-12)13(16)10-4-6-11(7-5-10)14(17)18/h4-7,12H,2-3,8-9H2,1H3,(H,17,18)/t12-/m0/s1. The lowest BCUT2D eigenvalue weighted by Crippen LogP contribution is -2.34. The Morgan fingerprint density at radius 2 is 1.95 bits per heavy atom. The van der Waals surface area contributed by atoms with Gasteiger partial charge in [-0.25, -0.2) is 4.79 Å². The summed E-state index contributed by atoms with van der Waals surface area (Å²) in [5.74, 6) is -1.11. The van der Waals surface area contributed by atoms with Crippen LogP contribution in [-0.4, -0.2) is 48.2 Å². The number of carbonyl (C=O) groups is 2. The van der Waals surface area contributed by atoms with Crippen LogP contribution >= 0.6 is 0 Å². The summed E-state index contributed by atoms with van der Waals surface area (Å²) in [6.45, 7) is 1.33. The van der Waals surface area contributed by atoms with Crippen molar-refractivity contribution in [2.45, 2.75) is 18.9 Å². The zero-order chi connectivity index (χ0) is 13.8. The number of nitrogens with zero attached hydrogens (tertiary/aromatic N) is 1. The Morgan fingerprint density at radius 1 is 1.32 bits per heavy atom. The van der Waals surface area contributed by atoms with Crippen molar-refractivity contribution in [3.63, 3.8) is 0 Å². The molecule has 1 aromatic rings. The molecule has 0 bridgehead atoms. The normalized spacial score (nSPS) is 18.3. The fourth-order valence-corrected chi connectivity index (χ4v) is 2.15. The van der Waals surface area contributed by atoms with Crippen molar-refractivity contribution < 1.29 is 19.4 Å². The van der Waals surface area contributed by atoms with Crippen LogP contribution in [0.4, 0.5) is 0 Å². The van der Waals surface area contributed by atoms with E-state index in [0.29, 0.717) is 12.1 Å². The molecule has 1 aliphatic heterocycles. The van der Waals surface area contributed by atoms with Crippen molar-refractivity contribution in [3.05, 3.63) is 35.4 Å². The van der Waals surface area contributed by atoms with Gasteiger partial charge in [0.25, 0.3) is 5.91 Å². The number of carboxylic acid groups (broad SMARTS) is 1. The summed E-state index contributed by atoms with van der Waals surface area (Å²) in [5.41, 5.74) is 0.670. The molecule has 19 heavy (non-hydrogen) atoms. The Bertz CT molecular complexity index is 463. The highest BCUT2D eigenvalue weighted by atomic mass is 16.5. The Kier molecular flexibility index (Phi) is 4.16. The molecular weight excluding hydrogens is 246 g/mol. The maximum absolute atomic E-state index is 12.1. The minimum absolute atomic E-state index is 0.118. The molecule has 102 valence electrons. The van der Waals surface area contributed by atoms with Gasteiger partial charge in [-0.3, -0.25) is 4.79 Å². The smallest absolute Gasteiger partial charge is 0.335 e. The number of carboxylic acids is 1. The van der Waals surface area contributed by atoms with E-state index >= 15 is 0 Å². The first-order valence-electron chi connectivity index (χ1n) is 6.28. The van der Waals surface area contributed by atoms with Crippen molar-refractivity contribution in [3.8, 4) is 0 Å². The molecule has 1 N–H and O–H groups in total. The quantitative estimate of drug-likeness (QED) is 0.896. The number of hydrogen-bond acceptors (Lipinski definition) is 3. The average molecular weight is 263 g/mol. The van der Waals surface area contributed by atoms with Crippen LogP contribution in [-0.2, 0) is 4.74 Å². The summed E-state index contributed by atoms with van der Waals surface area (Å²) < 4.78 is 5.49. The molecule has 0 aromatic heterocycles. The van der Waals surface area contributed by atoms with Crippen molar-refractivity contribution in [2.75, 3.05) is 20.2 Å². The van der Waals surface area contributed by atoms with Crippen LogP contribution in [0.25, 0.3) is 0 Å². The minimum atomic E-state index is -0.994. The van der Waals surface area contributed by atoms with E-state index in [1.165, 1.54) is 24.3 Å². The van der Waals surface area contributed by atoms with Crippen LogP contribution in [0.2, 0.25) is 0 Å². The summed E-state index contributed by atoms with van der Waals surface area (Å²) in [4.78, 5) is 24.5. The highest BCUT2D eigenvalue weighted by Crippen LogP contribution is 2.14. The van der Waals surface area contributed by atoms with E-state index in [1.807, 2.05) is 0 Å². The Hall–Kier alpha value is -1.88. The molecule has 0 aliphatic carbocycles. The molecule has 0 radical (unpaired) electrons. The van der Waals surface area contributed by atoms with Gasteiger partial charge in [0.05, 0.1) is 11.7 Å². The van der Waals surface area contributed by atoms with Crippen LogP contribution in [0.15, 0.2) is 24.3 Å². The van der Waals surface area contributed by atoms with E-state index in [-0.39, 0.29) is 17.6 Å². The lowest BCUT2D eigenvalue weighted by molar-refractivity contribution is 0.0586. The van der Waals surface area contributed by atoms with Crippen LogP contribution in [0.3, 0.4) is 0 Å². The van der Waals surface area contributed by atoms with E-state index < -0.39 is 5.97 Å². The van der Waals surface area contributed by atoms with Crippen LogP contribution in [0, 0.1) is 0 Å². The number of benzene rings is 1. The van der Waals surface area contributed by atoms with Gasteiger partial charge in [0.1, 0.15) is 0 Å². The van der Waals surface area contributed by atoms with Crippen molar-refractivity contribution in [1.29, 1.82) is 0 Å². The third kappa shape index (κ3) is 3.32. The van der Waals surface area contributed by atoms with Gasteiger partial charge in [-0.2, -0.15) is 0 Å². The lowest BCUT2D eigenvalue weighted by Gasteiger charge is -2.20. The van der Waals surface area contributed by atoms with Gasteiger partial charge >= 0.3 is 5.97 Å². The number of hydrogen-bond donors (Lipinski definition) is 1. The van der Waals surface area contributed by atoms with Gasteiger partial charge in [-0.15, -0.1) is 0 Å². The van der Waals surface area contributed by atoms with E-state index in [1.54, 1.807) is 11.9 Å². The third-order valence-electron chi connectivity index (χ3n) is 3.23. The lowest BCUT2D eigenvalue weighted by atomic mass is 10.1. The highest BCUT2D eigenvalue weighted by molar-refractivity contribution is 5.95. The molecule has 0 unspecified atom stereocenters. The fourth-order valence-electron chi connectivity index (χ4n) is 2.15. The van der Waals surface area contributed by atoms with Gasteiger partial charge in [0, 0.05) is 25.8 Å². The topological polar surface area (TPSA) is 66.8 Å². The first-order valence-corrected chi connectivity index (χ1v) is 6.28. The molecule has 5 nitrogen and oxygen atoms in total. The monoisotopic (exact) mass is 263 g/mol. The molecule has 1 fully saturated rings. The second-order valence-corrected chi connectivity index (χ2v) is 4.70. The maximum atomic E-state index is 12.1. The Balaban J connectivity index is 1.99. The molecule has 1 saturated heterocycles. The van der Waals surface area contributed by atoms with Crippen LogP contribution in [0.5, 0.6) is 0 Å². The molecule has 0 saturated carbocycles. The van der Waals surface area contributed by atoms with Crippen LogP contribution in [0.1, 0.15) is 33.6 Å². The first kappa shape index (κ1) is 13.5. The molecule has 1 amide bonds. The highest BCUT2D eigenvalue weighted by Gasteiger charge is 2.20. The van der Waals surface area contributed by atoms with Gasteiger partial charge in [0.2, 0.25) is 0 Å². The second-order valence-electron chi connectivity index (χ2n) is 4.70. The second kappa shape index (κ2) is 5.84. The van der Waals surface area contributed by atoms with Gasteiger partial charge in [-0.1, -0.05) is 0 Å². The van der Waals surface area contributed by atoms with E-state index in [9.17, 15) is 9.59 Å². The first-order chi connectivity index (χ1) is 9.08. The molecular formula is C14H17NO4. The summed E-state index contributed by atoms with van der Waals surface area (Å²) >= 11 is 0. The summed E-state index contributed by atoms with van der Waals surface area (Å²) in [6.07, 6.45) is 2.14. The molecule has 1 heterocycles. The zero-order valence-corrected chi connectivity index (χ0v) is 10.8. The van der Waals surface area contributed by atoms with Gasteiger partial charge in [0.15, 0.2) is 0 Å². The summed E-state index contributed by atoms with van der Waals surface area (Å²) in [5, 5.41) is 8.80. The summed E-state index contributed by atoms with van der Waals surface area (Å²) in [7, 11) is 1.73. The number of likely N-dealkylation sites (N-methyl/N-ethyl adjacent to an activating group) is 1. The fraction of sp³-hybridized carbons (Fsp3) is 0.429. The molecule has 2 rings (SSSR count). The molecule has 1 aromatic carbocycles. The largest absolute Gasteiger partial charge is 0.478 e. The van der Waals surface area contributed by atoms with Crippen LogP contribution < -0.4 is 0 Å². The van der Waals surface area contributed by atoms with E-state index in [0.717, 1.165) is 19.4 Å². The molecule has 5 heteroatoms. The molecule has 1 aliphatic rings. The number of ether oxygens (including phenoxy) is 1. The maximum Gasteiger partial charge on any atom is 0.335 e. The third-order valence-corrected chi connectivity index (χ3v) is 3.23. The predicted octanol–water partition coefficient (Wildman–Crippen LogP) is 1.64. The zero-order valence-electron chi connectivity index (χ0n) is 10.8. The molecule has 0 spiro atoms. The number of rotatable bonds is 4. The van der Waals surface area contributed by atoms with Crippen molar-refractivity contribution in [2.24, 2.45) is 0 Å². The molecule has 1 atom stereocenters. The number of amides is 1. The van der Waals surface area contributed by atoms with E-state index in [4.69, 9.17) is 9.84 Å². The Morgan fingerprint density at radius 3 is 2.47 bits per heavy atom. The van der Waals surface area contributed by atoms with Crippen molar-refractivity contribution >= 4 is 11.9 Å². The van der Waals surface area contributed by atoms with Gasteiger partial charge < -0.3 is 14.7 Å². The number of aromatic carboxylic acids is 1. The summed E-state index contributed by atoms with van der Waals surface area (Å²) in [6, 6.07) is 5.96. The SMILES string of the molecule is CN(C[C@@H]1CCCO1)C(=O)c1ccc(C(=O)O)cc1. The Labute approximate surface area is 111 Å². The van der Waals surface area contributed by atoms with E-state index in [2.05, 4.69) is 0 Å². The average Bonchev–Trinajstić information content (AvgIpc) is 2.90. The minimum Gasteiger partial charge on any atom is -0.478 e.